The van der Waals surface area contributed by atoms with Gasteiger partial charge < -0.3 is 21.3 Å². The number of benzene rings is 4. The molecule has 16 nitrogen and oxygen atoms in total. The van der Waals surface area contributed by atoms with Crippen molar-refractivity contribution in [2.24, 2.45) is 0 Å². The fraction of sp³-hybridized carbons (Fsp3) is 0.297. The largest absolute Gasteiger partial charge is 0.300 e. The molecule has 2 fully saturated rings. The van der Waals surface area contributed by atoms with Crippen LogP contribution in [0.5, 0.6) is 0 Å². The average molecular weight is 1190 g/mol. The van der Waals surface area contributed by atoms with Crippen LogP contribution in [0, 0.1) is 6.42 Å². The summed E-state index contributed by atoms with van der Waals surface area (Å²) in [5.41, 5.74) is 14.0. The molecule has 4 amide bonds. The van der Waals surface area contributed by atoms with E-state index in [4.69, 9.17) is 0 Å². The van der Waals surface area contributed by atoms with Crippen molar-refractivity contribution in [1.29, 1.82) is 0 Å². The van der Waals surface area contributed by atoms with Gasteiger partial charge in [0.15, 0.2) is 0 Å². The highest BCUT2D eigenvalue weighted by Crippen LogP contribution is 2.46. The summed E-state index contributed by atoms with van der Waals surface area (Å²) in [6.45, 7) is 0. The van der Waals surface area contributed by atoms with Crippen molar-refractivity contribution in [2.75, 3.05) is 21.3 Å². The van der Waals surface area contributed by atoms with Gasteiger partial charge in [-0.2, -0.15) is 0 Å². The van der Waals surface area contributed by atoms with Crippen molar-refractivity contribution in [1.82, 2.24) is 40.8 Å². The van der Waals surface area contributed by atoms with Gasteiger partial charge in [0.1, 0.15) is 20.0 Å². The van der Waals surface area contributed by atoms with Crippen LogP contribution in [-0.4, -0.2) is 64.4 Å². The second kappa shape index (κ2) is 25.0. The molecule has 0 radical (unpaired) electrons. The van der Waals surface area contributed by atoms with Crippen LogP contribution >= 0.6 is 45.3 Å². The van der Waals surface area contributed by atoms with Gasteiger partial charge in [-0.15, -0.1) is 40.8 Å². The molecule has 20 heteroatoms. The number of fused-ring (bicyclic) bond motifs is 4. The number of aromatic nitrogens is 8. The van der Waals surface area contributed by atoms with Gasteiger partial charge in [0, 0.05) is 11.8 Å². The highest BCUT2D eigenvalue weighted by atomic mass is 32.1. The van der Waals surface area contributed by atoms with Crippen LogP contribution in [0.1, 0.15) is 159 Å². The summed E-state index contributed by atoms with van der Waals surface area (Å²) >= 11 is 5.81. The number of hydrogen-bond donors (Lipinski definition) is 4. The summed E-state index contributed by atoms with van der Waals surface area (Å²) in [6, 6.07) is 32.9. The quantitative estimate of drug-likeness (QED) is 0.0664. The average Bonchev–Trinajstić information content (AvgIpc) is 4.50. The highest BCUT2D eigenvalue weighted by Gasteiger charge is 2.35. The number of hydrogen-bond acceptors (Lipinski definition) is 16. The lowest BCUT2D eigenvalue weighted by Gasteiger charge is -2.25. The molecule has 0 spiro atoms. The van der Waals surface area contributed by atoms with Crippen LogP contribution in [0.2, 0.25) is 0 Å². The van der Waals surface area contributed by atoms with Gasteiger partial charge in [-0.05, 0) is 118 Å². The number of rotatable bonds is 16. The van der Waals surface area contributed by atoms with Crippen LogP contribution in [0.4, 0.5) is 20.5 Å². The number of anilines is 4. The molecule has 4 N–H and O–H groups in total. The number of carbonyl (C=O) groups is 4. The Morgan fingerprint density at radius 2 is 0.655 bits per heavy atom. The van der Waals surface area contributed by atoms with Gasteiger partial charge in [-0.25, -0.2) is 0 Å². The third kappa shape index (κ3) is 12.7. The summed E-state index contributed by atoms with van der Waals surface area (Å²) in [5.74, 6) is 0.620. The minimum absolute atomic E-state index is 0.0703. The molecule has 8 aromatic rings. The van der Waals surface area contributed by atoms with E-state index in [2.05, 4.69) is 141 Å². The molecular weight excluding hydrogens is 1130 g/mol. The van der Waals surface area contributed by atoms with E-state index in [0.29, 0.717) is 46.2 Å². The fourth-order valence-corrected chi connectivity index (χ4v) is 15.9. The summed E-state index contributed by atoms with van der Waals surface area (Å²) in [7, 11) is 0. The minimum atomic E-state index is -0.0781. The first-order valence-corrected chi connectivity index (χ1v) is 31.9. The van der Waals surface area contributed by atoms with Gasteiger partial charge in [-0.3, -0.25) is 19.2 Å². The Labute approximate surface area is 502 Å². The van der Waals surface area contributed by atoms with Crippen molar-refractivity contribution in [3.05, 3.63) is 192 Å². The molecule has 0 saturated heterocycles. The van der Waals surface area contributed by atoms with Gasteiger partial charge in [0.2, 0.25) is 44.2 Å². The van der Waals surface area contributed by atoms with Gasteiger partial charge in [0.25, 0.3) is 0 Å². The standard InChI is InChI=1S/C32H30N6O2S2.C32H28N6O2S2/c2*39-27(17-21-14-12-19-6-1-3-10-25(19)21)33-31-37-35-29(41-31)23-8-5-9-24(16-23)30-36-38-32(42-30)34-28(40)18-22-15-13-20-7-2-4-11-26(20)22/h1-4,6-7,10-11,14-15,23-24H,5,8-9,12-13,16-18H2,(H,33,37,39)(H,34,38,40);1-7,10-11,14-15,23-24H,8-9,12-13,16-18H2,(H-,33,34,37,38,39,40)/p+1/t2*23-,24-/m10/s1. The van der Waals surface area contributed by atoms with Crippen LogP contribution in [0.15, 0.2) is 121 Å². The zero-order valence-electron chi connectivity index (χ0n) is 45.9. The molecule has 4 atom stereocenters. The second-order valence-corrected chi connectivity index (χ2v) is 26.0. The van der Waals surface area contributed by atoms with Gasteiger partial charge in [-0.1, -0.05) is 173 Å². The number of nitrogens with one attached hydrogen (secondary N) is 4. The molecule has 422 valence electrons. The van der Waals surface area contributed by atoms with E-state index in [1.807, 2.05) is 48.5 Å². The van der Waals surface area contributed by atoms with Crippen molar-refractivity contribution < 1.29 is 19.2 Å². The Morgan fingerprint density at radius 1 is 0.381 bits per heavy atom. The predicted octanol–water partition coefficient (Wildman–Crippen LogP) is 13.3. The van der Waals surface area contributed by atoms with Crippen LogP contribution in [0.25, 0.3) is 22.3 Å². The van der Waals surface area contributed by atoms with Crippen LogP contribution in [-0.2, 0) is 44.9 Å². The lowest BCUT2D eigenvalue weighted by molar-refractivity contribution is -0.116. The maximum absolute atomic E-state index is 12.8. The summed E-state index contributed by atoms with van der Waals surface area (Å²) < 4.78 is 0. The fourth-order valence-electron chi connectivity index (χ4n) is 12.3. The van der Waals surface area contributed by atoms with Crippen LogP contribution < -0.4 is 21.3 Å². The van der Waals surface area contributed by atoms with E-state index in [1.165, 1.54) is 67.6 Å². The number of carbonyl (C=O) groups excluding carboxylic acids is 4. The van der Waals surface area contributed by atoms with Gasteiger partial charge >= 0.3 is 0 Å². The first-order valence-electron chi connectivity index (χ1n) is 28.6. The Hall–Kier alpha value is -8.17. The predicted molar refractivity (Wildman–Crippen MR) is 333 cm³/mol. The molecule has 14 rings (SSSR count). The SMILES string of the molecule is O=C(CC1=CCc2ccccc21)Nc1nnc([C@@H]2CCC[C@@H](c3nnc(NC(=O)CC4=CCc5ccccc54)s3)C2)s1.O=C(CC1=CCc2ccccc21)Nc1nnc([C@H]2C[CH+]C[C@H](c3nnc(NC(=O)CC4=CCc5ccccc54)s3)C2)s1. The molecule has 84 heavy (non-hydrogen) atoms. The number of allylic oxidation sites excluding steroid dienone is 4. The molecule has 4 aromatic heterocycles. The van der Waals surface area contributed by atoms with Crippen molar-refractivity contribution in [3.8, 4) is 0 Å². The second-order valence-electron chi connectivity index (χ2n) is 22.0. The molecular formula is C64H59N12O4S4+. The Kier molecular flexibility index (Phi) is 16.4. The summed E-state index contributed by atoms with van der Waals surface area (Å²) in [5, 5.41) is 52.5. The van der Waals surface area contributed by atoms with E-state index in [1.54, 1.807) is 0 Å². The molecule has 0 bridgehead atoms. The molecule has 6 aliphatic rings. The lowest BCUT2D eigenvalue weighted by atomic mass is 9.82. The molecule has 6 aliphatic carbocycles. The number of nitrogens with zero attached hydrogens (tertiary/aromatic N) is 8. The molecule has 4 aromatic carbocycles. The Balaban J connectivity index is 0.000000157. The molecule has 0 aliphatic heterocycles. The third-order valence-electron chi connectivity index (χ3n) is 16.4. The van der Waals surface area contributed by atoms with E-state index >= 15 is 0 Å². The number of amides is 4. The summed E-state index contributed by atoms with van der Waals surface area (Å²) in [4.78, 5) is 51.1. The first-order chi connectivity index (χ1) is 41.2. The molecule has 4 heterocycles. The monoisotopic (exact) mass is 1190 g/mol. The van der Waals surface area contributed by atoms with Crippen LogP contribution in [0.3, 0.4) is 0 Å². The van der Waals surface area contributed by atoms with E-state index in [0.717, 1.165) is 135 Å². The third-order valence-corrected chi connectivity index (χ3v) is 20.4. The highest BCUT2D eigenvalue weighted by molar-refractivity contribution is 7.16. The minimum Gasteiger partial charge on any atom is -0.300 e. The van der Waals surface area contributed by atoms with Crippen molar-refractivity contribution in [2.45, 2.75) is 120 Å². The van der Waals surface area contributed by atoms with Gasteiger partial charge in [0.05, 0.1) is 56.8 Å². The zero-order chi connectivity index (χ0) is 56.9. The maximum atomic E-state index is 12.8. The van der Waals surface area contributed by atoms with Crippen molar-refractivity contribution in [3.63, 3.8) is 0 Å². The Bertz CT molecular complexity index is 3450. The maximum Gasteiger partial charge on any atom is 0.230 e. The smallest absolute Gasteiger partial charge is 0.230 e. The molecule has 2 saturated carbocycles. The van der Waals surface area contributed by atoms with E-state index in [-0.39, 0.29) is 47.3 Å². The lowest BCUT2D eigenvalue weighted by Crippen LogP contribution is -2.13. The van der Waals surface area contributed by atoms with E-state index < -0.39 is 0 Å². The zero-order valence-corrected chi connectivity index (χ0v) is 49.2. The van der Waals surface area contributed by atoms with Crippen molar-refractivity contribution >= 4 is 112 Å². The summed E-state index contributed by atoms with van der Waals surface area (Å²) in [6.07, 6.45) is 22.3. The first kappa shape index (κ1) is 55.0. The molecule has 0 unspecified atom stereocenters. The van der Waals surface area contributed by atoms with E-state index in [9.17, 15) is 19.2 Å². The normalized spacial score (nSPS) is 19.0. The topological polar surface area (TPSA) is 220 Å². The Morgan fingerprint density at radius 3 is 0.964 bits per heavy atom.